The molecule has 0 saturated heterocycles. The lowest BCUT2D eigenvalue weighted by Crippen LogP contribution is -2.35. The van der Waals surface area contributed by atoms with E-state index in [9.17, 15) is 23.2 Å². The van der Waals surface area contributed by atoms with Crippen molar-refractivity contribution < 1.29 is 32.6 Å². The molecule has 1 aromatic rings. The number of nitrogens with one attached hydrogen (secondary N) is 2. The molecule has 0 saturated carbocycles. The molecule has 0 bridgehead atoms. The minimum Gasteiger partial charge on any atom is -0.454 e. The molecule has 25 heavy (non-hydrogen) atoms. The quantitative estimate of drug-likeness (QED) is 0.650. The highest BCUT2D eigenvalue weighted by molar-refractivity contribution is 5.98. The monoisotopic (exact) mass is 358 g/mol. The van der Waals surface area contributed by atoms with Crippen molar-refractivity contribution in [3.05, 3.63) is 29.8 Å². The van der Waals surface area contributed by atoms with Crippen LogP contribution in [0, 0.1) is 5.92 Å². The molecule has 7 nitrogen and oxygen atoms in total. The molecule has 0 heterocycles. The summed E-state index contributed by atoms with van der Waals surface area (Å²) in [4.78, 5) is 34.9. The van der Waals surface area contributed by atoms with Gasteiger partial charge in [-0.25, -0.2) is 0 Å². The van der Waals surface area contributed by atoms with E-state index >= 15 is 0 Å². The van der Waals surface area contributed by atoms with Crippen molar-refractivity contribution in [3.63, 3.8) is 0 Å². The molecule has 0 aliphatic heterocycles. The Hall–Kier alpha value is -2.71. The summed E-state index contributed by atoms with van der Waals surface area (Å²) in [7, 11) is 0. The van der Waals surface area contributed by atoms with Gasteiger partial charge in [-0.3, -0.25) is 14.4 Å². The predicted octanol–water partition coefficient (Wildman–Crippen LogP) is 1.33. The first kappa shape index (κ1) is 20.3. The predicted molar refractivity (Wildman–Crippen MR) is 84.2 cm³/mol. The second kappa shape index (κ2) is 10.2. The van der Waals surface area contributed by atoms with Crippen LogP contribution in [0.25, 0.3) is 0 Å². The van der Waals surface area contributed by atoms with Crippen molar-refractivity contribution >= 4 is 17.8 Å². The van der Waals surface area contributed by atoms with E-state index in [0.717, 1.165) is 0 Å². The summed E-state index contributed by atoms with van der Waals surface area (Å²) in [5.74, 6) is -2.12. The van der Waals surface area contributed by atoms with Crippen LogP contribution < -0.4 is 15.4 Å². The number of esters is 1. The lowest BCUT2D eigenvalue weighted by molar-refractivity contribution is -0.147. The highest BCUT2D eigenvalue weighted by Gasteiger charge is 2.16. The minimum absolute atomic E-state index is 0.148. The maximum Gasteiger partial charge on any atom is 0.387 e. The number of rotatable bonds is 9. The molecule has 9 heteroatoms. The summed E-state index contributed by atoms with van der Waals surface area (Å²) in [6.45, 7) is 0.220. The Morgan fingerprint density at radius 1 is 1.12 bits per heavy atom. The van der Waals surface area contributed by atoms with Gasteiger partial charge in [-0.05, 0) is 18.1 Å². The Morgan fingerprint density at radius 2 is 1.80 bits per heavy atom. The number of halogens is 2. The molecule has 0 fully saturated rings. The van der Waals surface area contributed by atoms with E-state index in [2.05, 4.69) is 15.4 Å². The van der Waals surface area contributed by atoms with E-state index in [-0.39, 0.29) is 17.2 Å². The fraction of sp³-hybridized carbons (Fsp3) is 0.438. The third kappa shape index (κ3) is 8.09. The number of alkyl halides is 2. The molecule has 2 N–H and O–H groups in total. The average Bonchev–Trinajstić information content (AvgIpc) is 2.55. The van der Waals surface area contributed by atoms with Crippen molar-refractivity contribution in [2.45, 2.75) is 20.5 Å². The summed E-state index contributed by atoms with van der Waals surface area (Å²) in [6, 6.07) is 5.37. The number of ether oxygens (including phenoxy) is 2. The van der Waals surface area contributed by atoms with E-state index in [0.29, 0.717) is 6.54 Å². The molecular formula is C16H20F2N2O5. The molecule has 1 aromatic carbocycles. The van der Waals surface area contributed by atoms with E-state index in [4.69, 9.17) is 4.74 Å². The van der Waals surface area contributed by atoms with Crippen molar-refractivity contribution in [3.8, 4) is 5.75 Å². The molecule has 138 valence electrons. The average molecular weight is 358 g/mol. The first-order chi connectivity index (χ1) is 11.8. The normalized spacial score (nSPS) is 10.5. The Morgan fingerprint density at radius 3 is 2.44 bits per heavy atom. The third-order valence-corrected chi connectivity index (χ3v) is 2.81. The fourth-order valence-electron chi connectivity index (χ4n) is 1.67. The molecule has 2 amide bonds. The minimum atomic E-state index is -3.08. The standard InChI is InChI=1S/C16H20F2N2O5/c1-10(2)7-19-13(21)9-24-14(22)8-20-15(23)11-5-3-4-6-12(11)25-16(17)18/h3-6,10,16H,7-9H2,1-2H3,(H,19,21)(H,20,23). The molecule has 1 rings (SSSR count). The summed E-state index contributed by atoms with van der Waals surface area (Å²) >= 11 is 0. The molecule has 0 unspecified atom stereocenters. The van der Waals surface area contributed by atoms with Gasteiger partial charge in [0.1, 0.15) is 12.3 Å². The molecule has 0 spiro atoms. The number of carbonyl (C=O) groups is 3. The highest BCUT2D eigenvalue weighted by atomic mass is 19.3. The van der Waals surface area contributed by atoms with Crippen LogP contribution in [-0.2, 0) is 14.3 Å². The maximum atomic E-state index is 12.3. The van der Waals surface area contributed by atoms with E-state index in [1.54, 1.807) is 0 Å². The van der Waals surface area contributed by atoms with Gasteiger partial charge in [-0.2, -0.15) is 8.78 Å². The highest BCUT2D eigenvalue weighted by Crippen LogP contribution is 2.19. The molecule has 0 atom stereocenters. The van der Waals surface area contributed by atoms with E-state index in [1.165, 1.54) is 24.3 Å². The van der Waals surface area contributed by atoms with Crippen LogP contribution in [0.2, 0.25) is 0 Å². The number of hydrogen-bond donors (Lipinski definition) is 2. The second-order valence-corrected chi connectivity index (χ2v) is 5.42. The van der Waals surface area contributed by atoms with Crippen LogP contribution >= 0.6 is 0 Å². The van der Waals surface area contributed by atoms with Crippen LogP contribution in [0.4, 0.5) is 8.78 Å². The lowest BCUT2D eigenvalue weighted by atomic mass is 10.2. The Kier molecular flexibility index (Phi) is 8.31. The molecular weight excluding hydrogens is 338 g/mol. The number of benzene rings is 1. The zero-order valence-corrected chi connectivity index (χ0v) is 13.9. The van der Waals surface area contributed by atoms with Crippen LogP contribution in [-0.4, -0.2) is 44.1 Å². The summed E-state index contributed by atoms with van der Waals surface area (Å²) in [6.07, 6.45) is 0. The summed E-state index contributed by atoms with van der Waals surface area (Å²) in [5.41, 5.74) is -0.148. The zero-order chi connectivity index (χ0) is 18.8. The van der Waals surface area contributed by atoms with E-state index < -0.39 is 37.5 Å². The van der Waals surface area contributed by atoms with Crippen molar-refractivity contribution in [1.29, 1.82) is 0 Å². The fourth-order valence-corrected chi connectivity index (χ4v) is 1.67. The Labute approximate surface area is 143 Å². The van der Waals surface area contributed by atoms with Crippen LogP contribution in [0.1, 0.15) is 24.2 Å². The van der Waals surface area contributed by atoms with Crippen molar-refractivity contribution in [2.75, 3.05) is 19.7 Å². The number of carbonyl (C=O) groups excluding carboxylic acids is 3. The van der Waals surface area contributed by atoms with Crippen LogP contribution in [0.3, 0.4) is 0 Å². The van der Waals surface area contributed by atoms with Gasteiger partial charge >= 0.3 is 12.6 Å². The largest absolute Gasteiger partial charge is 0.454 e. The topological polar surface area (TPSA) is 93.7 Å². The molecule has 0 radical (unpaired) electrons. The van der Waals surface area contributed by atoms with Gasteiger partial charge in [0.15, 0.2) is 6.61 Å². The second-order valence-electron chi connectivity index (χ2n) is 5.42. The molecule has 0 aromatic heterocycles. The van der Waals surface area contributed by atoms with Gasteiger partial charge in [0.2, 0.25) is 0 Å². The van der Waals surface area contributed by atoms with Gasteiger partial charge in [-0.1, -0.05) is 26.0 Å². The summed E-state index contributed by atoms with van der Waals surface area (Å²) < 4.78 is 33.5. The Bertz CT molecular complexity index is 608. The van der Waals surface area contributed by atoms with Gasteiger partial charge in [-0.15, -0.1) is 0 Å². The van der Waals surface area contributed by atoms with E-state index in [1.807, 2.05) is 13.8 Å². The summed E-state index contributed by atoms with van der Waals surface area (Å²) in [5, 5.41) is 4.78. The maximum absolute atomic E-state index is 12.3. The first-order valence-electron chi connectivity index (χ1n) is 7.54. The third-order valence-electron chi connectivity index (χ3n) is 2.81. The van der Waals surface area contributed by atoms with Gasteiger partial charge in [0.05, 0.1) is 5.56 Å². The van der Waals surface area contributed by atoms with Gasteiger partial charge in [0.25, 0.3) is 11.8 Å². The van der Waals surface area contributed by atoms with Crippen LogP contribution in [0.5, 0.6) is 5.75 Å². The number of para-hydroxylation sites is 1. The first-order valence-corrected chi connectivity index (χ1v) is 7.54. The number of hydrogen-bond acceptors (Lipinski definition) is 5. The van der Waals surface area contributed by atoms with Crippen molar-refractivity contribution in [2.24, 2.45) is 5.92 Å². The molecule has 0 aliphatic carbocycles. The zero-order valence-electron chi connectivity index (χ0n) is 13.9. The smallest absolute Gasteiger partial charge is 0.387 e. The lowest BCUT2D eigenvalue weighted by Gasteiger charge is -2.11. The van der Waals surface area contributed by atoms with Crippen LogP contribution in [0.15, 0.2) is 24.3 Å². The SMILES string of the molecule is CC(C)CNC(=O)COC(=O)CNC(=O)c1ccccc1OC(F)F. The van der Waals surface area contributed by atoms with Gasteiger partial charge < -0.3 is 20.1 Å². The van der Waals surface area contributed by atoms with Crippen molar-refractivity contribution in [1.82, 2.24) is 10.6 Å². The number of amides is 2. The molecule has 0 aliphatic rings. The van der Waals surface area contributed by atoms with Gasteiger partial charge in [0, 0.05) is 6.54 Å². The Balaban J connectivity index is 2.43.